The lowest BCUT2D eigenvalue weighted by molar-refractivity contribution is -0.326. The van der Waals surface area contributed by atoms with Crippen molar-refractivity contribution in [2.24, 2.45) is 0 Å². The summed E-state index contributed by atoms with van der Waals surface area (Å²) in [6, 6.07) is -2.34. The Bertz CT molecular complexity index is 564. The maximum atomic E-state index is 11.5. The van der Waals surface area contributed by atoms with E-state index in [2.05, 4.69) is 10.6 Å². The lowest BCUT2D eigenvalue weighted by Crippen LogP contribution is -2.68. The Morgan fingerprint density at radius 3 is 2.04 bits per heavy atom. The SMILES string of the molecule is CC(=O)N[C@@H]1[C@@H](O)[C@H](O[C@H]2[C@@H](O)[C@@H](CO)OC(O)[C@@H]2NC(C)=O)O[C@H](C)[C@H]1O. The summed E-state index contributed by atoms with van der Waals surface area (Å²) in [6.45, 7) is 3.26. The highest BCUT2D eigenvalue weighted by Crippen LogP contribution is 2.28. The molecule has 2 heterocycles. The minimum atomic E-state index is -1.61. The van der Waals surface area contributed by atoms with Crippen LogP contribution in [0, 0.1) is 0 Å². The molecule has 28 heavy (non-hydrogen) atoms. The third kappa shape index (κ3) is 4.96. The molecule has 2 rings (SSSR count). The minimum Gasteiger partial charge on any atom is -0.394 e. The minimum absolute atomic E-state index is 0.492. The molecular weight excluding hydrogens is 380 g/mol. The van der Waals surface area contributed by atoms with Crippen LogP contribution < -0.4 is 10.6 Å². The van der Waals surface area contributed by atoms with Gasteiger partial charge in [0.15, 0.2) is 12.6 Å². The molecule has 0 spiro atoms. The highest BCUT2D eigenvalue weighted by molar-refractivity contribution is 5.73. The smallest absolute Gasteiger partial charge is 0.217 e. The average Bonchev–Trinajstić information content (AvgIpc) is 2.61. The van der Waals surface area contributed by atoms with Crippen molar-refractivity contribution >= 4 is 11.8 Å². The molecule has 2 saturated heterocycles. The summed E-state index contributed by atoms with van der Waals surface area (Å²) < 4.78 is 16.2. The first-order valence-corrected chi connectivity index (χ1v) is 8.90. The molecule has 1 unspecified atom stereocenters. The molecule has 0 aromatic heterocycles. The van der Waals surface area contributed by atoms with Crippen molar-refractivity contribution in [3.63, 3.8) is 0 Å². The Hall–Kier alpha value is -1.38. The normalized spacial score (nSPS) is 44.0. The van der Waals surface area contributed by atoms with Gasteiger partial charge in [-0.1, -0.05) is 0 Å². The van der Waals surface area contributed by atoms with Crippen molar-refractivity contribution in [1.29, 1.82) is 0 Å². The summed E-state index contributed by atoms with van der Waals surface area (Å²) in [4.78, 5) is 22.8. The van der Waals surface area contributed by atoms with E-state index in [0.29, 0.717) is 0 Å². The van der Waals surface area contributed by atoms with Gasteiger partial charge >= 0.3 is 0 Å². The predicted molar refractivity (Wildman–Crippen MR) is 90.4 cm³/mol. The van der Waals surface area contributed by atoms with Crippen LogP contribution in [-0.2, 0) is 23.8 Å². The van der Waals surface area contributed by atoms with E-state index in [1.54, 1.807) is 0 Å². The lowest BCUT2D eigenvalue weighted by Gasteiger charge is -2.47. The van der Waals surface area contributed by atoms with Gasteiger partial charge in [0.2, 0.25) is 11.8 Å². The van der Waals surface area contributed by atoms with Crippen LogP contribution in [0.3, 0.4) is 0 Å². The molecule has 0 radical (unpaired) electrons. The molecule has 12 nitrogen and oxygen atoms in total. The molecule has 162 valence electrons. The van der Waals surface area contributed by atoms with Gasteiger partial charge in [-0.05, 0) is 6.92 Å². The van der Waals surface area contributed by atoms with Crippen LogP contribution in [0.5, 0.6) is 0 Å². The number of nitrogens with one attached hydrogen (secondary N) is 2. The van der Waals surface area contributed by atoms with Crippen LogP contribution >= 0.6 is 0 Å². The van der Waals surface area contributed by atoms with Crippen molar-refractivity contribution in [2.75, 3.05) is 6.61 Å². The van der Waals surface area contributed by atoms with Crippen LogP contribution in [0.4, 0.5) is 0 Å². The maximum Gasteiger partial charge on any atom is 0.217 e. The molecular formula is C16H28N2O10. The Morgan fingerprint density at radius 2 is 1.50 bits per heavy atom. The summed E-state index contributed by atoms with van der Waals surface area (Å²) in [5, 5.41) is 55.4. The topological polar surface area (TPSA) is 187 Å². The van der Waals surface area contributed by atoms with Crippen molar-refractivity contribution < 1.29 is 49.3 Å². The van der Waals surface area contributed by atoms with Crippen molar-refractivity contribution in [1.82, 2.24) is 10.6 Å². The second-order valence-corrected chi connectivity index (χ2v) is 6.98. The van der Waals surface area contributed by atoms with Crippen molar-refractivity contribution in [3.05, 3.63) is 0 Å². The van der Waals surface area contributed by atoms with Crippen LogP contribution in [0.1, 0.15) is 20.8 Å². The summed E-state index contributed by atoms with van der Waals surface area (Å²) >= 11 is 0. The standard InChI is InChI=1S/C16H28N2O10/c1-5-11(22)9(17-6(2)20)13(24)16(26-5)28-14-10(18-7(3)21)15(25)27-8(4-19)12(14)23/h5,8-16,19,22-25H,4H2,1-3H3,(H,17,20)(H,18,21)/t5-,8-,9+,10-,11-,12+,13-,14-,15?,16+/m1/s1. The monoisotopic (exact) mass is 408 g/mol. The second kappa shape index (κ2) is 9.41. The number of amides is 2. The number of hydrogen-bond acceptors (Lipinski definition) is 10. The summed E-state index contributed by atoms with van der Waals surface area (Å²) in [6.07, 6.45) is -10.6. The number of hydrogen-bond donors (Lipinski definition) is 7. The Balaban J connectivity index is 2.24. The van der Waals surface area contributed by atoms with Crippen LogP contribution in [0.15, 0.2) is 0 Å². The molecule has 2 amide bonds. The Morgan fingerprint density at radius 1 is 0.929 bits per heavy atom. The van der Waals surface area contributed by atoms with Gasteiger partial charge in [0, 0.05) is 13.8 Å². The number of aliphatic hydroxyl groups excluding tert-OH is 5. The van der Waals surface area contributed by atoms with Crippen LogP contribution in [0.2, 0.25) is 0 Å². The van der Waals surface area contributed by atoms with Gasteiger partial charge in [-0.3, -0.25) is 9.59 Å². The first kappa shape index (κ1) is 22.9. The van der Waals surface area contributed by atoms with Gasteiger partial charge in [-0.2, -0.15) is 0 Å². The van der Waals surface area contributed by atoms with E-state index in [0.717, 1.165) is 0 Å². The molecule has 12 heteroatoms. The molecule has 10 atom stereocenters. The zero-order valence-corrected chi connectivity index (χ0v) is 15.8. The van der Waals surface area contributed by atoms with Crippen molar-refractivity contribution in [2.45, 2.75) is 82.1 Å². The molecule has 0 aromatic carbocycles. The number of ether oxygens (including phenoxy) is 3. The Labute approximate surface area is 161 Å². The third-order valence-corrected chi connectivity index (χ3v) is 4.75. The van der Waals surface area contributed by atoms with Gasteiger partial charge in [-0.15, -0.1) is 0 Å². The summed E-state index contributed by atoms with van der Waals surface area (Å²) in [7, 11) is 0. The maximum absolute atomic E-state index is 11.5. The van der Waals surface area contributed by atoms with Gasteiger partial charge < -0.3 is 50.4 Å². The lowest BCUT2D eigenvalue weighted by atomic mass is 9.94. The predicted octanol–water partition coefficient (Wildman–Crippen LogP) is -4.08. The first-order valence-electron chi connectivity index (χ1n) is 8.90. The van der Waals surface area contributed by atoms with Crippen molar-refractivity contribution in [3.8, 4) is 0 Å². The molecule has 0 aliphatic carbocycles. The van der Waals surface area contributed by atoms with Gasteiger partial charge in [0.05, 0.1) is 18.8 Å². The highest BCUT2D eigenvalue weighted by atomic mass is 16.7. The van der Waals surface area contributed by atoms with E-state index in [4.69, 9.17) is 14.2 Å². The molecule has 2 aliphatic heterocycles. The second-order valence-electron chi connectivity index (χ2n) is 6.98. The van der Waals surface area contributed by atoms with Gasteiger partial charge in [0.1, 0.15) is 36.6 Å². The van der Waals surface area contributed by atoms with E-state index in [1.807, 2.05) is 0 Å². The summed E-state index contributed by atoms with van der Waals surface area (Å²) in [5.74, 6) is -1.03. The molecule has 2 fully saturated rings. The van der Waals surface area contributed by atoms with E-state index < -0.39 is 79.7 Å². The highest BCUT2D eigenvalue weighted by Gasteiger charge is 2.50. The van der Waals surface area contributed by atoms with Crippen LogP contribution in [-0.4, -0.2) is 105 Å². The van der Waals surface area contributed by atoms with E-state index in [1.165, 1.54) is 20.8 Å². The molecule has 0 aromatic rings. The fraction of sp³-hybridized carbons (Fsp3) is 0.875. The molecule has 7 N–H and O–H groups in total. The fourth-order valence-electron chi connectivity index (χ4n) is 3.34. The first-order chi connectivity index (χ1) is 13.1. The van der Waals surface area contributed by atoms with E-state index in [-0.39, 0.29) is 0 Å². The van der Waals surface area contributed by atoms with Crippen LogP contribution in [0.25, 0.3) is 0 Å². The molecule has 0 saturated carbocycles. The summed E-state index contributed by atoms with van der Waals surface area (Å²) in [5.41, 5.74) is 0. The fourth-order valence-corrected chi connectivity index (χ4v) is 3.34. The zero-order valence-electron chi connectivity index (χ0n) is 15.8. The Kier molecular flexibility index (Phi) is 7.70. The number of rotatable bonds is 5. The average molecular weight is 408 g/mol. The largest absolute Gasteiger partial charge is 0.394 e. The third-order valence-electron chi connectivity index (χ3n) is 4.75. The number of carbonyl (C=O) groups is 2. The van der Waals surface area contributed by atoms with E-state index >= 15 is 0 Å². The van der Waals surface area contributed by atoms with Gasteiger partial charge in [-0.25, -0.2) is 0 Å². The number of aliphatic hydroxyl groups is 5. The van der Waals surface area contributed by atoms with Gasteiger partial charge in [0.25, 0.3) is 0 Å². The number of carbonyl (C=O) groups excluding carboxylic acids is 2. The molecule has 0 bridgehead atoms. The zero-order chi connectivity index (χ0) is 21.2. The van der Waals surface area contributed by atoms with E-state index in [9.17, 15) is 35.1 Å². The molecule has 2 aliphatic rings. The quantitative estimate of drug-likeness (QED) is 0.236.